The minimum absolute atomic E-state index is 0.0785. The summed E-state index contributed by atoms with van der Waals surface area (Å²) < 4.78 is 0. The molecule has 2 atom stereocenters. The van der Waals surface area contributed by atoms with Crippen molar-refractivity contribution in [3.05, 3.63) is 29.3 Å². The molecule has 1 saturated heterocycles. The van der Waals surface area contributed by atoms with E-state index in [9.17, 15) is 9.90 Å². The maximum Gasteiger partial charge on any atom is 0.224 e. The van der Waals surface area contributed by atoms with Crippen LogP contribution in [0.25, 0.3) is 0 Å². The van der Waals surface area contributed by atoms with Crippen molar-refractivity contribution < 1.29 is 9.90 Å². The Bertz CT molecular complexity index is 481. The van der Waals surface area contributed by atoms with Crippen molar-refractivity contribution in [2.75, 3.05) is 11.9 Å². The van der Waals surface area contributed by atoms with E-state index in [1.165, 1.54) is 12.8 Å². The molecule has 3 rings (SSSR count). The minimum atomic E-state index is -0.455. The van der Waals surface area contributed by atoms with Crippen LogP contribution in [0.4, 0.5) is 5.69 Å². The van der Waals surface area contributed by atoms with E-state index < -0.39 is 6.10 Å². The maximum atomic E-state index is 11.3. The number of anilines is 1. The van der Waals surface area contributed by atoms with Gasteiger partial charge in [0.05, 0.1) is 6.10 Å². The number of hydrogen-bond donors (Lipinski definition) is 3. The molecule has 0 aliphatic carbocycles. The molecule has 2 heterocycles. The molecule has 0 spiro atoms. The third-order valence-electron chi connectivity index (χ3n) is 4.10. The van der Waals surface area contributed by atoms with Crippen molar-refractivity contribution in [3.63, 3.8) is 0 Å². The van der Waals surface area contributed by atoms with E-state index in [-0.39, 0.29) is 11.9 Å². The molecule has 19 heavy (non-hydrogen) atoms. The van der Waals surface area contributed by atoms with Crippen LogP contribution in [0, 0.1) is 0 Å². The molecule has 0 aromatic heterocycles. The van der Waals surface area contributed by atoms with E-state index >= 15 is 0 Å². The van der Waals surface area contributed by atoms with Gasteiger partial charge < -0.3 is 15.7 Å². The number of benzene rings is 1. The van der Waals surface area contributed by atoms with Gasteiger partial charge in [-0.2, -0.15) is 0 Å². The third-order valence-corrected chi connectivity index (χ3v) is 4.10. The number of aryl methyl sites for hydroxylation is 1. The molecule has 3 N–H and O–H groups in total. The van der Waals surface area contributed by atoms with Crippen molar-refractivity contribution in [3.8, 4) is 0 Å². The number of piperidine rings is 1. The maximum absolute atomic E-state index is 11.3. The lowest BCUT2D eigenvalue weighted by Crippen LogP contribution is -2.38. The second kappa shape index (κ2) is 5.31. The number of carbonyl (C=O) groups is 1. The van der Waals surface area contributed by atoms with Crippen LogP contribution in [-0.4, -0.2) is 23.6 Å². The lowest BCUT2D eigenvalue weighted by Gasteiger charge is -2.29. The smallest absolute Gasteiger partial charge is 0.224 e. The first kappa shape index (κ1) is 12.6. The number of aliphatic hydroxyl groups is 1. The van der Waals surface area contributed by atoms with Crippen molar-refractivity contribution >= 4 is 11.6 Å². The highest BCUT2D eigenvalue weighted by atomic mass is 16.3. The average molecular weight is 260 g/mol. The molecule has 0 bridgehead atoms. The fourth-order valence-electron chi connectivity index (χ4n) is 2.97. The number of hydrogen-bond acceptors (Lipinski definition) is 3. The number of amides is 1. The fourth-order valence-corrected chi connectivity index (χ4v) is 2.97. The summed E-state index contributed by atoms with van der Waals surface area (Å²) >= 11 is 0. The minimum Gasteiger partial charge on any atom is -0.387 e. The molecule has 2 aliphatic heterocycles. The van der Waals surface area contributed by atoms with Gasteiger partial charge in [-0.15, -0.1) is 0 Å². The Morgan fingerprint density at radius 3 is 2.95 bits per heavy atom. The van der Waals surface area contributed by atoms with Crippen molar-refractivity contribution in [2.24, 2.45) is 0 Å². The summed E-state index contributed by atoms with van der Waals surface area (Å²) in [6.07, 6.45) is 4.24. The molecule has 0 saturated carbocycles. The van der Waals surface area contributed by atoms with Gasteiger partial charge in [0.15, 0.2) is 0 Å². The first-order valence-corrected chi connectivity index (χ1v) is 7.08. The first-order valence-electron chi connectivity index (χ1n) is 7.08. The van der Waals surface area contributed by atoms with E-state index in [4.69, 9.17) is 0 Å². The molecule has 2 unspecified atom stereocenters. The number of nitrogens with one attached hydrogen (secondary N) is 2. The monoisotopic (exact) mass is 260 g/mol. The lowest BCUT2D eigenvalue weighted by molar-refractivity contribution is -0.116. The van der Waals surface area contributed by atoms with Gasteiger partial charge in [-0.25, -0.2) is 0 Å². The topological polar surface area (TPSA) is 61.4 Å². The standard InChI is InChI=1S/C15H20N2O2/c18-14-7-5-10-9-11(4-6-12(10)17-14)15(19)13-3-1-2-8-16-13/h4,6,9,13,15-16,19H,1-3,5,7-8H2,(H,17,18). The molecule has 4 nitrogen and oxygen atoms in total. The summed E-state index contributed by atoms with van der Waals surface area (Å²) in [6, 6.07) is 6.03. The van der Waals surface area contributed by atoms with Gasteiger partial charge in [0.1, 0.15) is 0 Å². The molecule has 2 aliphatic rings. The van der Waals surface area contributed by atoms with E-state index in [0.29, 0.717) is 6.42 Å². The predicted molar refractivity (Wildman–Crippen MR) is 74.0 cm³/mol. The zero-order valence-corrected chi connectivity index (χ0v) is 11.0. The van der Waals surface area contributed by atoms with Crippen molar-refractivity contribution in [2.45, 2.75) is 44.2 Å². The Labute approximate surface area is 113 Å². The second-order valence-electron chi connectivity index (χ2n) is 5.47. The Kier molecular flexibility index (Phi) is 3.53. The molecule has 0 radical (unpaired) electrons. The number of carbonyl (C=O) groups excluding carboxylic acids is 1. The number of fused-ring (bicyclic) bond motifs is 1. The van der Waals surface area contributed by atoms with Gasteiger partial charge >= 0.3 is 0 Å². The van der Waals surface area contributed by atoms with Crippen LogP contribution < -0.4 is 10.6 Å². The van der Waals surface area contributed by atoms with Gasteiger partial charge in [-0.3, -0.25) is 4.79 Å². The second-order valence-corrected chi connectivity index (χ2v) is 5.47. The highest BCUT2D eigenvalue weighted by Crippen LogP contribution is 2.29. The van der Waals surface area contributed by atoms with E-state index in [1.807, 2.05) is 18.2 Å². The molecule has 1 aromatic carbocycles. The summed E-state index contributed by atoms with van der Waals surface area (Å²) in [5.74, 6) is 0.0785. The Hall–Kier alpha value is -1.39. The van der Waals surface area contributed by atoms with Gasteiger partial charge in [0.25, 0.3) is 0 Å². The van der Waals surface area contributed by atoms with Crippen LogP contribution in [-0.2, 0) is 11.2 Å². The largest absolute Gasteiger partial charge is 0.387 e. The Balaban J connectivity index is 1.79. The van der Waals surface area contributed by atoms with Crippen LogP contribution in [0.3, 0.4) is 0 Å². The molecule has 1 fully saturated rings. The van der Waals surface area contributed by atoms with E-state index in [1.54, 1.807) is 0 Å². The highest BCUT2D eigenvalue weighted by Gasteiger charge is 2.24. The van der Waals surface area contributed by atoms with Gasteiger partial charge in [-0.05, 0) is 43.0 Å². The Morgan fingerprint density at radius 2 is 2.16 bits per heavy atom. The van der Waals surface area contributed by atoms with E-state index in [2.05, 4.69) is 10.6 Å². The highest BCUT2D eigenvalue weighted by molar-refractivity contribution is 5.93. The van der Waals surface area contributed by atoms with Crippen molar-refractivity contribution in [1.82, 2.24) is 5.32 Å². The summed E-state index contributed by atoms with van der Waals surface area (Å²) in [4.78, 5) is 11.3. The number of aliphatic hydroxyl groups excluding tert-OH is 1. The molecular formula is C15H20N2O2. The third kappa shape index (κ3) is 2.65. The molecule has 102 valence electrons. The quantitative estimate of drug-likeness (QED) is 0.759. The van der Waals surface area contributed by atoms with Crippen LogP contribution in [0.2, 0.25) is 0 Å². The fraction of sp³-hybridized carbons (Fsp3) is 0.533. The van der Waals surface area contributed by atoms with Gasteiger partial charge in [0, 0.05) is 18.2 Å². The summed E-state index contributed by atoms with van der Waals surface area (Å²) in [6.45, 7) is 0.989. The molecule has 4 heteroatoms. The van der Waals surface area contributed by atoms with E-state index in [0.717, 1.165) is 36.2 Å². The Morgan fingerprint density at radius 1 is 1.26 bits per heavy atom. The van der Waals surface area contributed by atoms with Crippen LogP contribution >= 0.6 is 0 Å². The average Bonchev–Trinajstić information content (AvgIpc) is 2.47. The van der Waals surface area contributed by atoms with Gasteiger partial charge in [0.2, 0.25) is 5.91 Å². The first-order chi connectivity index (χ1) is 9.24. The van der Waals surface area contributed by atoms with Crippen molar-refractivity contribution in [1.29, 1.82) is 0 Å². The number of rotatable bonds is 2. The predicted octanol–water partition coefficient (Wildman–Crippen LogP) is 1.75. The van der Waals surface area contributed by atoms with Gasteiger partial charge in [-0.1, -0.05) is 18.6 Å². The summed E-state index contributed by atoms with van der Waals surface area (Å²) in [7, 11) is 0. The summed E-state index contributed by atoms with van der Waals surface area (Å²) in [5.41, 5.74) is 2.98. The normalized spacial score (nSPS) is 24.5. The summed E-state index contributed by atoms with van der Waals surface area (Å²) in [5, 5.41) is 16.7. The molecule has 1 amide bonds. The lowest BCUT2D eigenvalue weighted by atomic mass is 9.92. The zero-order valence-electron chi connectivity index (χ0n) is 11.0. The van der Waals surface area contributed by atoms with Crippen LogP contribution in [0.1, 0.15) is 42.9 Å². The molecular weight excluding hydrogens is 240 g/mol. The molecule has 1 aromatic rings. The zero-order chi connectivity index (χ0) is 13.2. The SMILES string of the molecule is O=C1CCc2cc(C(O)C3CCCCN3)ccc2N1. The van der Waals surface area contributed by atoms with Crippen LogP contribution in [0.5, 0.6) is 0 Å². The van der Waals surface area contributed by atoms with Crippen LogP contribution in [0.15, 0.2) is 18.2 Å².